The summed E-state index contributed by atoms with van der Waals surface area (Å²) in [6.45, 7) is 12.6. The van der Waals surface area contributed by atoms with Crippen LogP contribution in [0.1, 0.15) is 55.4 Å². The molecule has 5 N–H and O–H groups in total. The minimum absolute atomic E-state index is 1.00. The van der Waals surface area contributed by atoms with Crippen molar-refractivity contribution in [2.24, 2.45) is 0 Å². The molecule has 0 aromatic heterocycles. The molecular formula is C18H37BO5. The van der Waals surface area contributed by atoms with Gasteiger partial charge in [0.05, 0.1) is 22.4 Å². The summed E-state index contributed by atoms with van der Waals surface area (Å²) < 4.78 is 0. The van der Waals surface area contributed by atoms with Crippen molar-refractivity contribution < 1.29 is 25.5 Å². The number of aliphatic hydroxyl groups is 4. The molecule has 0 aliphatic heterocycles. The highest BCUT2D eigenvalue weighted by Gasteiger charge is 2.32. The van der Waals surface area contributed by atoms with E-state index in [1.165, 1.54) is 0 Å². The van der Waals surface area contributed by atoms with E-state index in [4.69, 9.17) is 25.5 Å². The zero-order valence-corrected chi connectivity index (χ0v) is 16.7. The third kappa shape index (κ3) is 16.0. The summed E-state index contributed by atoms with van der Waals surface area (Å²) in [4.78, 5) is 0. The molecule has 0 heterocycles. The van der Waals surface area contributed by atoms with Gasteiger partial charge in [-0.15, -0.1) is 0 Å². The lowest BCUT2D eigenvalue weighted by Crippen LogP contribution is -2.44. The summed E-state index contributed by atoms with van der Waals surface area (Å²) in [6, 6.07) is 12.0. The van der Waals surface area contributed by atoms with E-state index in [0.717, 1.165) is 8.05 Å². The highest BCUT2D eigenvalue weighted by Crippen LogP contribution is 2.19. The third-order valence-electron chi connectivity index (χ3n) is 3.66. The van der Waals surface area contributed by atoms with Gasteiger partial charge in [0.15, 0.2) is 0 Å². The molecule has 1 rings (SSSR count). The predicted molar refractivity (Wildman–Crippen MR) is 102 cm³/mol. The monoisotopic (exact) mass is 344 g/mol. The Hall–Kier alpha value is -0.915. The average molecular weight is 344 g/mol. The van der Waals surface area contributed by atoms with Crippen LogP contribution in [0.15, 0.2) is 36.4 Å². The zero-order chi connectivity index (χ0) is 20.2. The van der Waals surface area contributed by atoms with Crippen LogP contribution in [0.2, 0.25) is 0 Å². The van der Waals surface area contributed by atoms with E-state index in [2.05, 4.69) is 0 Å². The standard InChI is InChI=1S/2C6H14O2.C6H6.BH3O/c2*1-5(2,7)6(3,4)8;1-2-4-6-5-3-1;1-2/h2*7-8H,1-4H3;1-6H;2H,1H2. The van der Waals surface area contributed by atoms with Crippen molar-refractivity contribution in [2.75, 3.05) is 0 Å². The lowest BCUT2D eigenvalue weighted by Gasteiger charge is -2.31. The quantitative estimate of drug-likeness (QED) is 0.520. The van der Waals surface area contributed by atoms with E-state index in [9.17, 15) is 0 Å². The van der Waals surface area contributed by atoms with Crippen LogP contribution in [0.4, 0.5) is 0 Å². The molecule has 6 heteroatoms. The molecular weight excluding hydrogens is 307 g/mol. The molecule has 0 atom stereocenters. The van der Waals surface area contributed by atoms with Crippen molar-refractivity contribution in [1.29, 1.82) is 0 Å². The Morgan fingerprint density at radius 1 is 0.417 bits per heavy atom. The van der Waals surface area contributed by atoms with Crippen molar-refractivity contribution in [1.82, 2.24) is 0 Å². The highest BCUT2D eigenvalue weighted by molar-refractivity contribution is 5.95. The topological polar surface area (TPSA) is 101 Å². The van der Waals surface area contributed by atoms with E-state index >= 15 is 0 Å². The van der Waals surface area contributed by atoms with Gasteiger partial charge in [-0.1, -0.05) is 36.4 Å². The Bertz CT molecular complexity index is 306. The third-order valence-corrected chi connectivity index (χ3v) is 3.66. The van der Waals surface area contributed by atoms with Crippen LogP contribution in [0, 0.1) is 0 Å². The van der Waals surface area contributed by atoms with Gasteiger partial charge in [0.1, 0.15) is 0 Å². The molecule has 0 saturated heterocycles. The molecule has 0 unspecified atom stereocenters. The Morgan fingerprint density at radius 2 is 0.500 bits per heavy atom. The first-order chi connectivity index (χ1) is 10.5. The Kier molecular flexibility index (Phi) is 13.5. The normalized spacial score (nSPS) is 11.7. The van der Waals surface area contributed by atoms with E-state index in [0.29, 0.717) is 0 Å². The van der Waals surface area contributed by atoms with Gasteiger partial charge >= 0.3 is 0 Å². The van der Waals surface area contributed by atoms with Gasteiger partial charge in [0.2, 0.25) is 0 Å². The van der Waals surface area contributed by atoms with Crippen molar-refractivity contribution in [3.63, 3.8) is 0 Å². The lowest BCUT2D eigenvalue weighted by molar-refractivity contribution is -0.107. The van der Waals surface area contributed by atoms with E-state index in [1.54, 1.807) is 55.4 Å². The van der Waals surface area contributed by atoms with Crippen LogP contribution in [0.5, 0.6) is 0 Å². The van der Waals surface area contributed by atoms with E-state index in [-0.39, 0.29) is 0 Å². The van der Waals surface area contributed by atoms with Crippen molar-refractivity contribution in [3.05, 3.63) is 36.4 Å². The Balaban J connectivity index is -0.000000263. The summed E-state index contributed by atoms with van der Waals surface area (Å²) in [5.74, 6) is 0. The predicted octanol–water partition coefficient (Wildman–Crippen LogP) is 1.27. The van der Waals surface area contributed by atoms with Gasteiger partial charge in [0, 0.05) is 0 Å². The molecule has 142 valence electrons. The van der Waals surface area contributed by atoms with Gasteiger partial charge in [-0.2, -0.15) is 0 Å². The number of benzene rings is 1. The van der Waals surface area contributed by atoms with Gasteiger partial charge in [-0.25, -0.2) is 0 Å². The second kappa shape index (κ2) is 11.6. The van der Waals surface area contributed by atoms with Crippen LogP contribution < -0.4 is 0 Å². The molecule has 0 aliphatic rings. The highest BCUT2D eigenvalue weighted by atomic mass is 16.4. The summed E-state index contributed by atoms with van der Waals surface area (Å²) in [6.07, 6.45) is 0. The SMILES string of the molecule is BO.CC(C)(O)C(C)(C)O.CC(C)(O)C(C)(C)O.c1ccccc1. The summed E-state index contributed by atoms with van der Waals surface area (Å²) in [5, 5.41) is 43.4. The lowest BCUT2D eigenvalue weighted by atomic mass is 9.90. The van der Waals surface area contributed by atoms with Crippen LogP contribution in [0.25, 0.3) is 0 Å². The van der Waals surface area contributed by atoms with E-state index < -0.39 is 22.4 Å². The number of hydrogen-bond acceptors (Lipinski definition) is 5. The molecule has 1 aromatic rings. The van der Waals surface area contributed by atoms with Gasteiger partial charge in [-0.05, 0) is 55.4 Å². The van der Waals surface area contributed by atoms with Gasteiger partial charge < -0.3 is 25.5 Å². The first kappa shape index (κ1) is 27.9. The fourth-order valence-corrected chi connectivity index (χ4v) is 0.385. The van der Waals surface area contributed by atoms with Crippen LogP contribution in [-0.2, 0) is 0 Å². The Labute approximate surface area is 148 Å². The summed E-state index contributed by atoms with van der Waals surface area (Å²) in [5.41, 5.74) is -4.03. The maximum absolute atomic E-state index is 9.10. The maximum atomic E-state index is 9.10. The largest absolute Gasteiger partial charge is 0.458 e. The zero-order valence-electron chi connectivity index (χ0n) is 16.7. The average Bonchev–Trinajstić information content (AvgIpc) is 2.40. The molecule has 0 fully saturated rings. The van der Waals surface area contributed by atoms with Crippen molar-refractivity contribution in [3.8, 4) is 0 Å². The van der Waals surface area contributed by atoms with Crippen LogP contribution in [-0.4, -0.2) is 55.9 Å². The number of rotatable bonds is 2. The molecule has 0 spiro atoms. The van der Waals surface area contributed by atoms with E-state index in [1.807, 2.05) is 36.4 Å². The fraction of sp³-hybridized carbons (Fsp3) is 0.667. The summed E-state index contributed by atoms with van der Waals surface area (Å²) in [7, 11) is 1.00. The molecule has 0 aliphatic carbocycles. The van der Waals surface area contributed by atoms with Gasteiger partial charge in [0.25, 0.3) is 8.05 Å². The minimum atomic E-state index is -1.01. The van der Waals surface area contributed by atoms with Gasteiger partial charge in [-0.3, -0.25) is 0 Å². The Morgan fingerprint density at radius 3 is 0.542 bits per heavy atom. The molecule has 5 nitrogen and oxygen atoms in total. The maximum Gasteiger partial charge on any atom is 0.252 e. The smallest absolute Gasteiger partial charge is 0.252 e. The van der Waals surface area contributed by atoms with Crippen LogP contribution in [0.3, 0.4) is 0 Å². The number of hydrogen-bond donors (Lipinski definition) is 5. The van der Waals surface area contributed by atoms with Crippen molar-refractivity contribution in [2.45, 2.75) is 77.8 Å². The molecule has 1 aromatic carbocycles. The first-order valence-electron chi connectivity index (χ1n) is 7.84. The van der Waals surface area contributed by atoms with Crippen LogP contribution >= 0.6 is 0 Å². The second-order valence-corrected chi connectivity index (χ2v) is 7.39. The fourth-order valence-electron chi connectivity index (χ4n) is 0.385. The van der Waals surface area contributed by atoms with Crippen molar-refractivity contribution >= 4 is 8.05 Å². The minimum Gasteiger partial charge on any atom is -0.458 e. The summed E-state index contributed by atoms with van der Waals surface area (Å²) >= 11 is 0. The molecule has 24 heavy (non-hydrogen) atoms. The second-order valence-electron chi connectivity index (χ2n) is 7.39. The molecule has 0 amide bonds. The molecule has 0 saturated carbocycles. The first-order valence-corrected chi connectivity index (χ1v) is 7.84. The molecule has 0 radical (unpaired) electrons. The molecule has 0 bridgehead atoms.